The second kappa shape index (κ2) is 8.09. The molecule has 0 unspecified atom stereocenters. The molecule has 1 aromatic carbocycles. The lowest BCUT2D eigenvalue weighted by atomic mass is 10.0. The van der Waals surface area contributed by atoms with Gasteiger partial charge in [-0.2, -0.15) is 5.26 Å². The van der Waals surface area contributed by atoms with Crippen LogP contribution in [0.25, 0.3) is 0 Å². The van der Waals surface area contributed by atoms with Crippen molar-refractivity contribution in [3.8, 4) is 17.6 Å². The molecule has 26 heavy (non-hydrogen) atoms. The minimum atomic E-state index is -0.768. The molecule has 2 rings (SSSR count). The van der Waals surface area contributed by atoms with Crippen molar-refractivity contribution >= 4 is 11.8 Å². The predicted octanol–water partition coefficient (Wildman–Crippen LogP) is 2.02. The lowest BCUT2D eigenvalue weighted by molar-refractivity contribution is -0.123. The molecule has 7 nitrogen and oxygen atoms in total. The number of rotatable bonds is 8. The Labute approximate surface area is 153 Å². The number of nitrogens with one attached hydrogen (secondary N) is 2. The zero-order valence-electron chi connectivity index (χ0n) is 15.6. The predicted molar refractivity (Wildman–Crippen MR) is 96.0 cm³/mol. The first kappa shape index (κ1) is 19.6. The summed E-state index contributed by atoms with van der Waals surface area (Å²) in [5, 5.41) is 14.7. The van der Waals surface area contributed by atoms with Crippen LogP contribution in [0.2, 0.25) is 0 Å². The van der Waals surface area contributed by atoms with E-state index in [1.54, 1.807) is 18.2 Å². The van der Waals surface area contributed by atoms with E-state index in [1.807, 2.05) is 13.8 Å². The number of nitriles is 1. The maximum Gasteiger partial charge on any atom is 0.252 e. The second-order valence-electron chi connectivity index (χ2n) is 6.94. The van der Waals surface area contributed by atoms with E-state index in [2.05, 4.69) is 16.7 Å². The van der Waals surface area contributed by atoms with Crippen LogP contribution >= 0.6 is 0 Å². The lowest BCUT2D eigenvalue weighted by Crippen LogP contribution is -2.50. The highest BCUT2D eigenvalue weighted by atomic mass is 16.5. The molecule has 1 atom stereocenters. The van der Waals surface area contributed by atoms with Gasteiger partial charge in [0.2, 0.25) is 5.91 Å². The van der Waals surface area contributed by atoms with Gasteiger partial charge in [-0.25, -0.2) is 0 Å². The molecule has 0 spiro atoms. The number of amides is 2. The number of ether oxygens (including phenoxy) is 2. The number of carbonyl (C=O) groups excluding carboxylic acids is 2. The molecule has 0 radical (unpaired) electrons. The third-order valence-electron chi connectivity index (χ3n) is 4.27. The van der Waals surface area contributed by atoms with Crippen LogP contribution in [0, 0.1) is 17.2 Å². The van der Waals surface area contributed by atoms with Gasteiger partial charge in [-0.05, 0) is 37.3 Å². The quantitative estimate of drug-likeness (QED) is 0.739. The first-order chi connectivity index (χ1) is 12.3. The zero-order chi connectivity index (χ0) is 19.3. The molecule has 0 saturated heterocycles. The average Bonchev–Trinajstić information content (AvgIpc) is 3.40. The topological polar surface area (TPSA) is 100 Å². The minimum Gasteiger partial charge on any atom is -0.497 e. The highest BCUT2D eigenvalue weighted by Crippen LogP contribution is 2.34. The third-order valence-corrected chi connectivity index (χ3v) is 4.27. The van der Waals surface area contributed by atoms with E-state index >= 15 is 0 Å². The van der Waals surface area contributed by atoms with Crippen molar-refractivity contribution in [2.24, 2.45) is 5.92 Å². The monoisotopic (exact) mass is 359 g/mol. The molecule has 1 aliphatic rings. The lowest BCUT2D eigenvalue weighted by Gasteiger charge is -2.22. The Morgan fingerprint density at radius 2 is 1.77 bits per heavy atom. The molecule has 0 bridgehead atoms. The fourth-order valence-corrected chi connectivity index (χ4v) is 2.60. The molecule has 0 aliphatic heterocycles. The number of hydrogen-bond acceptors (Lipinski definition) is 5. The van der Waals surface area contributed by atoms with Gasteiger partial charge in [-0.3, -0.25) is 9.59 Å². The molecule has 1 saturated carbocycles. The normalized spacial score (nSPS) is 15.5. The summed E-state index contributed by atoms with van der Waals surface area (Å²) in [6.07, 6.45) is 1.76. The van der Waals surface area contributed by atoms with Crippen LogP contribution in [0.1, 0.15) is 43.5 Å². The van der Waals surface area contributed by atoms with Crippen LogP contribution in [0.4, 0.5) is 0 Å². The van der Waals surface area contributed by atoms with Gasteiger partial charge in [0, 0.05) is 11.6 Å². The molecule has 0 aromatic heterocycles. The fourth-order valence-electron chi connectivity index (χ4n) is 2.60. The second-order valence-corrected chi connectivity index (χ2v) is 6.94. The van der Waals surface area contributed by atoms with Crippen LogP contribution in [-0.4, -0.2) is 37.6 Å². The largest absolute Gasteiger partial charge is 0.497 e. The summed E-state index contributed by atoms with van der Waals surface area (Å²) in [5.41, 5.74) is -0.430. The fraction of sp³-hybridized carbons (Fsp3) is 0.526. The van der Waals surface area contributed by atoms with E-state index in [0.29, 0.717) is 36.3 Å². The van der Waals surface area contributed by atoms with Crippen molar-refractivity contribution in [3.63, 3.8) is 0 Å². The summed E-state index contributed by atoms with van der Waals surface area (Å²) < 4.78 is 10.4. The van der Waals surface area contributed by atoms with Gasteiger partial charge >= 0.3 is 0 Å². The van der Waals surface area contributed by atoms with Gasteiger partial charge in [0.15, 0.2) is 0 Å². The van der Waals surface area contributed by atoms with E-state index in [1.165, 1.54) is 14.2 Å². The molecule has 0 heterocycles. The van der Waals surface area contributed by atoms with Crippen LogP contribution < -0.4 is 20.1 Å². The molecule has 1 fully saturated rings. The Bertz CT molecular complexity index is 698. The third kappa shape index (κ3) is 4.88. The van der Waals surface area contributed by atoms with Crippen molar-refractivity contribution in [2.45, 2.75) is 44.7 Å². The Kier molecular flexibility index (Phi) is 6.09. The highest BCUT2D eigenvalue weighted by molar-refractivity contribution is 5.98. The highest BCUT2D eigenvalue weighted by Gasteiger charge is 2.45. The van der Waals surface area contributed by atoms with Crippen molar-refractivity contribution < 1.29 is 19.1 Å². The summed E-state index contributed by atoms with van der Waals surface area (Å²) in [7, 11) is 3.00. The van der Waals surface area contributed by atoms with E-state index < -0.39 is 17.5 Å². The van der Waals surface area contributed by atoms with Crippen LogP contribution in [-0.2, 0) is 4.79 Å². The number of benzene rings is 1. The van der Waals surface area contributed by atoms with Gasteiger partial charge in [0.05, 0.1) is 20.3 Å². The van der Waals surface area contributed by atoms with E-state index in [0.717, 1.165) is 0 Å². The smallest absolute Gasteiger partial charge is 0.252 e. The molecule has 7 heteroatoms. The van der Waals surface area contributed by atoms with E-state index in [9.17, 15) is 9.59 Å². The van der Waals surface area contributed by atoms with Crippen LogP contribution in [0.15, 0.2) is 18.2 Å². The van der Waals surface area contributed by atoms with E-state index in [4.69, 9.17) is 14.7 Å². The Morgan fingerprint density at radius 3 is 2.19 bits per heavy atom. The maximum atomic E-state index is 12.7. The van der Waals surface area contributed by atoms with Crippen LogP contribution in [0.5, 0.6) is 11.5 Å². The number of carbonyl (C=O) groups is 2. The first-order valence-electron chi connectivity index (χ1n) is 8.59. The van der Waals surface area contributed by atoms with Crippen molar-refractivity contribution in [2.75, 3.05) is 14.2 Å². The van der Waals surface area contributed by atoms with Crippen molar-refractivity contribution in [3.05, 3.63) is 23.8 Å². The number of methoxy groups -OCH3 is 2. The van der Waals surface area contributed by atoms with Gasteiger partial charge in [-0.1, -0.05) is 13.8 Å². The molecule has 1 aliphatic carbocycles. The summed E-state index contributed by atoms with van der Waals surface area (Å²) in [4.78, 5) is 25.2. The van der Waals surface area contributed by atoms with Gasteiger partial charge < -0.3 is 20.1 Å². The Balaban J connectivity index is 2.15. The van der Waals surface area contributed by atoms with Crippen LogP contribution in [0.3, 0.4) is 0 Å². The Hall–Kier alpha value is -2.75. The summed E-state index contributed by atoms with van der Waals surface area (Å²) >= 11 is 0. The first-order valence-corrected chi connectivity index (χ1v) is 8.59. The summed E-state index contributed by atoms with van der Waals surface area (Å²) in [5.74, 6) is 0.440. The minimum absolute atomic E-state index is 0.197. The van der Waals surface area contributed by atoms with Gasteiger partial charge in [0.1, 0.15) is 23.1 Å². The molecular formula is C19H25N3O4. The molecule has 2 amide bonds. The summed E-state index contributed by atoms with van der Waals surface area (Å²) in [6.45, 7) is 3.94. The summed E-state index contributed by atoms with van der Waals surface area (Å²) in [6, 6.07) is 6.24. The van der Waals surface area contributed by atoms with Gasteiger partial charge in [-0.15, -0.1) is 0 Å². The molecule has 2 N–H and O–H groups in total. The molecular weight excluding hydrogens is 334 g/mol. The van der Waals surface area contributed by atoms with Crippen molar-refractivity contribution in [1.82, 2.24) is 10.6 Å². The molecule has 1 aromatic rings. The standard InChI is InChI=1S/C19H25N3O4/c1-12(2)7-16(18(24)22-19(11-20)5-6-19)21-17(23)13-8-14(25-3)10-15(9-13)26-4/h8-10,12,16H,5-7H2,1-4H3,(H,21,23)(H,22,24)/t16-/m0/s1. The van der Waals surface area contributed by atoms with E-state index in [-0.39, 0.29) is 11.8 Å². The van der Waals surface area contributed by atoms with Crippen molar-refractivity contribution in [1.29, 1.82) is 5.26 Å². The number of hydrogen-bond donors (Lipinski definition) is 2. The SMILES string of the molecule is COc1cc(OC)cc(C(=O)N[C@@H](CC(C)C)C(=O)NC2(C#N)CC2)c1. The maximum absolute atomic E-state index is 12.7. The Morgan fingerprint density at radius 1 is 1.19 bits per heavy atom. The number of nitrogens with zero attached hydrogens (tertiary/aromatic N) is 1. The van der Waals surface area contributed by atoms with Gasteiger partial charge in [0.25, 0.3) is 5.91 Å². The average molecular weight is 359 g/mol. The zero-order valence-corrected chi connectivity index (χ0v) is 15.6. The molecule has 140 valence electrons.